The van der Waals surface area contributed by atoms with Crippen LogP contribution in [0.3, 0.4) is 0 Å². The van der Waals surface area contributed by atoms with Gasteiger partial charge in [-0.3, -0.25) is 4.79 Å². The highest BCUT2D eigenvalue weighted by molar-refractivity contribution is 7.16. The summed E-state index contributed by atoms with van der Waals surface area (Å²) in [5.41, 5.74) is 0.402. The summed E-state index contributed by atoms with van der Waals surface area (Å²) in [7, 11) is 1.60. The number of methoxy groups -OCH3 is 1. The molecular formula is C13H20N2O4S. The molecule has 20 heavy (non-hydrogen) atoms. The number of esters is 1. The maximum absolute atomic E-state index is 11.8. The number of thiophene rings is 1. The number of rotatable bonds is 8. The highest BCUT2D eigenvalue weighted by atomic mass is 32.1. The van der Waals surface area contributed by atoms with Crippen LogP contribution in [-0.4, -0.2) is 45.3 Å². The molecule has 1 rings (SSSR count). The molecule has 7 heteroatoms. The molecule has 6 nitrogen and oxygen atoms in total. The normalized spacial score (nSPS) is 10.3. The number of hydrogen-bond donors (Lipinski definition) is 2. The van der Waals surface area contributed by atoms with Crippen LogP contribution in [0.2, 0.25) is 0 Å². The van der Waals surface area contributed by atoms with Crippen molar-refractivity contribution in [2.24, 2.45) is 0 Å². The van der Waals surface area contributed by atoms with E-state index in [2.05, 4.69) is 10.6 Å². The lowest BCUT2D eigenvalue weighted by Gasteiger charge is -2.07. The van der Waals surface area contributed by atoms with Gasteiger partial charge >= 0.3 is 5.97 Å². The summed E-state index contributed by atoms with van der Waals surface area (Å²) in [6.45, 7) is 5.23. The Morgan fingerprint density at radius 3 is 2.80 bits per heavy atom. The summed E-state index contributed by atoms with van der Waals surface area (Å²) in [6, 6.07) is 1.72. The lowest BCUT2D eigenvalue weighted by Crippen LogP contribution is -2.30. The van der Waals surface area contributed by atoms with E-state index in [0.29, 0.717) is 30.3 Å². The van der Waals surface area contributed by atoms with E-state index in [0.717, 1.165) is 4.88 Å². The van der Waals surface area contributed by atoms with Crippen molar-refractivity contribution in [3.8, 4) is 0 Å². The molecule has 1 heterocycles. The SMILES string of the molecule is CCOC(=O)c1cc(C)sc1NC(=O)CNCCOC. The number of ether oxygens (including phenoxy) is 2. The zero-order valence-electron chi connectivity index (χ0n) is 11.9. The average molecular weight is 300 g/mol. The van der Waals surface area contributed by atoms with Crippen molar-refractivity contribution in [1.82, 2.24) is 5.32 Å². The maximum Gasteiger partial charge on any atom is 0.341 e. The smallest absolute Gasteiger partial charge is 0.341 e. The molecule has 0 aromatic carbocycles. The molecule has 0 aliphatic rings. The predicted octanol–water partition coefficient (Wildman–Crippen LogP) is 1.41. The topological polar surface area (TPSA) is 76.7 Å². The van der Waals surface area contributed by atoms with Crippen molar-refractivity contribution in [2.45, 2.75) is 13.8 Å². The maximum atomic E-state index is 11.8. The van der Waals surface area contributed by atoms with Crippen LogP contribution in [-0.2, 0) is 14.3 Å². The lowest BCUT2D eigenvalue weighted by molar-refractivity contribution is -0.115. The fourth-order valence-corrected chi connectivity index (χ4v) is 2.43. The molecule has 0 aliphatic carbocycles. The summed E-state index contributed by atoms with van der Waals surface area (Å²) in [5, 5.41) is 6.19. The standard InChI is InChI=1S/C13H20N2O4S/c1-4-19-13(17)10-7-9(2)20-12(10)15-11(16)8-14-5-6-18-3/h7,14H,4-6,8H2,1-3H3,(H,15,16). The number of nitrogens with one attached hydrogen (secondary N) is 2. The molecular weight excluding hydrogens is 280 g/mol. The van der Waals surface area contributed by atoms with Gasteiger partial charge in [0.05, 0.1) is 25.3 Å². The van der Waals surface area contributed by atoms with Crippen LogP contribution < -0.4 is 10.6 Å². The number of carbonyl (C=O) groups excluding carboxylic acids is 2. The third-order valence-corrected chi connectivity index (χ3v) is 3.34. The Labute approximate surface area is 122 Å². The van der Waals surface area contributed by atoms with Gasteiger partial charge in [0, 0.05) is 18.5 Å². The monoisotopic (exact) mass is 300 g/mol. The predicted molar refractivity (Wildman–Crippen MR) is 78.4 cm³/mol. The van der Waals surface area contributed by atoms with Gasteiger partial charge in [-0.2, -0.15) is 0 Å². The van der Waals surface area contributed by atoms with Crippen LogP contribution in [0, 0.1) is 6.92 Å². The Morgan fingerprint density at radius 1 is 1.40 bits per heavy atom. The van der Waals surface area contributed by atoms with Crippen molar-refractivity contribution >= 4 is 28.2 Å². The Morgan fingerprint density at radius 2 is 2.15 bits per heavy atom. The second-order valence-electron chi connectivity index (χ2n) is 4.04. The zero-order valence-corrected chi connectivity index (χ0v) is 12.8. The van der Waals surface area contributed by atoms with Crippen LogP contribution >= 0.6 is 11.3 Å². The summed E-state index contributed by atoms with van der Waals surface area (Å²) in [5.74, 6) is -0.618. The molecule has 0 bridgehead atoms. The number of amides is 1. The van der Waals surface area contributed by atoms with Gasteiger partial charge < -0.3 is 20.1 Å². The number of carbonyl (C=O) groups is 2. The van der Waals surface area contributed by atoms with Gasteiger partial charge in [0.15, 0.2) is 0 Å². The van der Waals surface area contributed by atoms with Crippen molar-refractivity contribution < 1.29 is 19.1 Å². The van der Waals surface area contributed by atoms with E-state index in [-0.39, 0.29) is 12.5 Å². The van der Waals surface area contributed by atoms with Gasteiger partial charge in [-0.1, -0.05) is 0 Å². The highest BCUT2D eigenvalue weighted by Crippen LogP contribution is 2.28. The highest BCUT2D eigenvalue weighted by Gasteiger charge is 2.17. The van der Waals surface area contributed by atoms with Crippen molar-refractivity contribution in [3.63, 3.8) is 0 Å². The Hall–Kier alpha value is -1.44. The number of anilines is 1. The minimum absolute atomic E-state index is 0.169. The Bertz CT molecular complexity index is 459. The molecule has 1 amide bonds. The van der Waals surface area contributed by atoms with E-state index in [9.17, 15) is 9.59 Å². The minimum atomic E-state index is -0.417. The molecule has 0 saturated carbocycles. The third kappa shape index (κ3) is 5.28. The second kappa shape index (κ2) is 8.68. The Kier molecular flexibility index (Phi) is 7.21. The molecule has 0 spiro atoms. The van der Waals surface area contributed by atoms with Gasteiger partial charge in [-0.25, -0.2) is 4.79 Å². The summed E-state index contributed by atoms with van der Waals surface area (Å²) < 4.78 is 9.83. The van der Waals surface area contributed by atoms with Gasteiger partial charge in [0.2, 0.25) is 5.91 Å². The fraction of sp³-hybridized carbons (Fsp3) is 0.538. The number of aryl methyl sites for hydroxylation is 1. The molecule has 1 aromatic heterocycles. The molecule has 0 atom stereocenters. The first kappa shape index (κ1) is 16.6. The van der Waals surface area contributed by atoms with Crippen LogP contribution in [0.5, 0.6) is 0 Å². The first-order chi connectivity index (χ1) is 9.58. The number of hydrogen-bond acceptors (Lipinski definition) is 6. The van der Waals surface area contributed by atoms with Gasteiger partial charge in [-0.05, 0) is 19.9 Å². The van der Waals surface area contributed by atoms with Gasteiger partial charge in [0.1, 0.15) is 5.00 Å². The molecule has 112 valence electrons. The first-order valence-corrected chi connectivity index (χ1v) is 7.17. The quantitative estimate of drug-likeness (QED) is 0.561. The third-order valence-electron chi connectivity index (χ3n) is 2.37. The van der Waals surface area contributed by atoms with Crippen molar-refractivity contribution in [2.75, 3.05) is 38.7 Å². The van der Waals surface area contributed by atoms with Crippen molar-refractivity contribution in [3.05, 3.63) is 16.5 Å². The van der Waals surface area contributed by atoms with Crippen LogP contribution in [0.15, 0.2) is 6.07 Å². The van der Waals surface area contributed by atoms with Gasteiger partial charge in [-0.15, -0.1) is 11.3 Å². The van der Waals surface area contributed by atoms with E-state index in [1.54, 1.807) is 20.1 Å². The molecule has 0 fully saturated rings. The van der Waals surface area contributed by atoms with Crippen molar-refractivity contribution in [1.29, 1.82) is 0 Å². The first-order valence-electron chi connectivity index (χ1n) is 6.35. The summed E-state index contributed by atoms with van der Waals surface area (Å²) in [4.78, 5) is 24.5. The molecule has 0 unspecified atom stereocenters. The second-order valence-corrected chi connectivity index (χ2v) is 5.29. The summed E-state index contributed by atoms with van der Waals surface area (Å²) >= 11 is 1.36. The van der Waals surface area contributed by atoms with Gasteiger partial charge in [0.25, 0.3) is 0 Å². The minimum Gasteiger partial charge on any atom is -0.462 e. The van der Waals surface area contributed by atoms with Crippen LogP contribution in [0.4, 0.5) is 5.00 Å². The molecule has 0 radical (unpaired) electrons. The van der Waals surface area contributed by atoms with E-state index in [4.69, 9.17) is 9.47 Å². The van der Waals surface area contributed by atoms with Crippen LogP contribution in [0.25, 0.3) is 0 Å². The average Bonchev–Trinajstić information content (AvgIpc) is 2.76. The largest absolute Gasteiger partial charge is 0.462 e. The molecule has 0 aliphatic heterocycles. The molecule has 0 saturated heterocycles. The van der Waals surface area contributed by atoms with E-state index >= 15 is 0 Å². The zero-order chi connectivity index (χ0) is 15.0. The van der Waals surface area contributed by atoms with E-state index in [1.807, 2.05) is 6.92 Å². The van der Waals surface area contributed by atoms with E-state index < -0.39 is 5.97 Å². The fourth-order valence-electron chi connectivity index (χ4n) is 1.51. The van der Waals surface area contributed by atoms with Crippen LogP contribution in [0.1, 0.15) is 22.2 Å². The lowest BCUT2D eigenvalue weighted by atomic mass is 10.3. The summed E-state index contributed by atoms with van der Waals surface area (Å²) in [6.07, 6.45) is 0. The van der Waals surface area contributed by atoms with E-state index in [1.165, 1.54) is 11.3 Å². The molecule has 2 N–H and O–H groups in total. The Balaban J connectivity index is 2.58. The molecule has 1 aromatic rings.